The van der Waals surface area contributed by atoms with Crippen LogP contribution < -0.4 is 9.64 Å². The second kappa shape index (κ2) is 4.41. The molecule has 2 amide bonds. The zero-order valence-electron chi connectivity index (χ0n) is 11.9. The molecule has 3 aliphatic heterocycles. The molecule has 2 bridgehead atoms. The molecule has 0 aliphatic carbocycles. The Hall–Kier alpha value is -2.18. The van der Waals surface area contributed by atoms with E-state index in [1.165, 1.54) is 12.0 Å². The maximum absolute atomic E-state index is 12.8. The van der Waals surface area contributed by atoms with Crippen molar-refractivity contribution in [2.75, 3.05) is 18.6 Å². The lowest BCUT2D eigenvalue weighted by atomic mass is 9.77. The number of aliphatic hydroxyl groups excluding tert-OH is 1. The fraction of sp³-hybridized carbons (Fsp3) is 0.375. The van der Waals surface area contributed by atoms with Crippen LogP contribution in [0.5, 0.6) is 5.75 Å². The number of imide groups is 1. The summed E-state index contributed by atoms with van der Waals surface area (Å²) < 4.78 is 10.8. The average molecular weight is 301 g/mol. The number of fused-ring (bicyclic) bond motifs is 5. The van der Waals surface area contributed by atoms with Gasteiger partial charge in [-0.25, -0.2) is 4.90 Å². The van der Waals surface area contributed by atoms with E-state index in [4.69, 9.17) is 9.47 Å². The van der Waals surface area contributed by atoms with Crippen LogP contribution in [0.25, 0.3) is 0 Å². The Balaban J connectivity index is 1.76. The molecule has 1 aromatic carbocycles. The smallest absolute Gasteiger partial charge is 0.241 e. The van der Waals surface area contributed by atoms with Crippen LogP contribution in [0.4, 0.5) is 5.69 Å². The van der Waals surface area contributed by atoms with Crippen molar-refractivity contribution in [1.29, 1.82) is 0 Å². The van der Waals surface area contributed by atoms with Crippen LogP contribution in [0, 0.1) is 11.8 Å². The third-order valence-corrected chi connectivity index (χ3v) is 4.71. The van der Waals surface area contributed by atoms with Gasteiger partial charge in [-0.05, 0) is 12.1 Å². The molecule has 0 saturated carbocycles. The van der Waals surface area contributed by atoms with Crippen LogP contribution in [-0.2, 0) is 14.3 Å². The van der Waals surface area contributed by atoms with Crippen LogP contribution >= 0.6 is 0 Å². The minimum atomic E-state index is -1.06. The van der Waals surface area contributed by atoms with Gasteiger partial charge in [0.15, 0.2) is 0 Å². The largest absolute Gasteiger partial charge is 0.497 e. The molecule has 3 aliphatic rings. The van der Waals surface area contributed by atoms with Crippen LogP contribution in [0.3, 0.4) is 0 Å². The quantitative estimate of drug-likeness (QED) is 0.650. The summed E-state index contributed by atoms with van der Waals surface area (Å²) in [5.74, 6) is -1.26. The Morgan fingerprint density at radius 1 is 1.36 bits per heavy atom. The summed E-state index contributed by atoms with van der Waals surface area (Å²) >= 11 is 0. The van der Waals surface area contributed by atoms with Crippen molar-refractivity contribution in [3.63, 3.8) is 0 Å². The zero-order chi connectivity index (χ0) is 15.5. The molecule has 22 heavy (non-hydrogen) atoms. The van der Waals surface area contributed by atoms with Gasteiger partial charge < -0.3 is 14.6 Å². The van der Waals surface area contributed by atoms with Gasteiger partial charge in [-0.1, -0.05) is 18.2 Å². The number of ether oxygens (including phenoxy) is 2. The van der Waals surface area contributed by atoms with E-state index < -0.39 is 23.5 Å². The first kappa shape index (κ1) is 13.5. The van der Waals surface area contributed by atoms with Crippen LogP contribution in [0.2, 0.25) is 0 Å². The van der Waals surface area contributed by atoms with Gasteiger partial charge in [0.25, 0.3) is 0 Å². The molecule has 114 valence electrons. The molecule has 4 rings (SSSR count). The first-order valence-electron chi connectivity index (χ1n) is 7.11. The normalized spacial score (nSPS) is 35.4. The molecular formula is C16H15NO5. The Labute approximate surface area is 126 Å². The van der Waals surface area contributed by atoms with Gasteiger partial charge in [0, 0.05) is 6.07 Å². The first-order chi connectivity index (χ1) is 10.6. The number of anilines is 1. The first-order valence-corrected chi connectivity index (χ1v) is 7.11. The van der Waals surface area contributed by atoms with Crippen molar-refractivity contribution in [3.05, 3.63) is 36.4 Å². The molecule has 0 spiro atoms. The highest BCUT2D eigenvalue weighted by Gasteiger charge is 2.67. The summed E-state index contributed by atoms with van der Waals surface area (Å²) in [7, 11) is 1.53. The van der Waals surface area contributed by atoms with E-state index in [1.54, 1.807) is 36.4 Å². The molecule has 0 radical (unpaired) electrons. The predicted octanol–water partition coefficient (Wildman–Crippen LogP) is 0.500. The Kier molecular flexibility index (Phi) is 2.70. The summed E-state index contributed by atoms with van der Waals surface area (Å²) in [6.45, 7) is -0.313. The molecule has 2 fully saturated rings. The van der Waals surface area contributed by atoms with Crippen LogP contribution in [-0.4, -0.2) is 42.3 Å². The minimum Gasteiger partial charge on any atom is -0.497 e. The SMILES string of the molecule is COc1cccc(N2C(=O)[C@H]3[C@H]4C=C[C@@](CO)(O4)[C@H]3C2=O)c1. The van der Waals surface area contributed by atoms with Crippen molar-refractivity contribution in [2.45, 2.75) is 11.7 Å². The number of nitrogens with zero attached hydrogens (tertiary/aromatic N) is 1. The third-order valence-electron chi connectivity index (χ3n) is 4.71. The fourth-order valence-electron chi connectivity index (χ4n) is 3.69. The highest BCUT2D eigenvalue weighted by Crippen LogP contribution is 2.52. The summed E-state index contributed by atoms with van der Waals surface area (Å²) in [6, 6.07) is 6.83. The average Bonchev–Trinajstić information content (AvgIpc) is 3.18. The standard InChI is InChI=1S/C16H15NO5/c1-21-10-4-2-3-9(7-10)17-14(19)12-11-5-6-16(8-18,22-11)13(12)15(17)20/h2-7,11-13,18H,8H2,1H3/t11-,12+,13-,16+/m1/s1. The lowest BCUT2D eigenvalue weighted by Gasteiger charge is -2.26. The van der Waals surface area contributed by atoms with Crippen LogP contribution in [0.1, 0.15) is 0 Å². The molecule has 0 aromatic heterocycles. The Morgan fingerprint density at radius 2 is 2.18 bits per heavy atom. The van der Waals surface area contributed by atoms with Crippen molar-refractivity contribution >= 4 is 17.5 Å². The van der Waals surface area contributed by atoms with Crippen LogP contribution in [0.15, 0.2) is 36.4 Å². The molecular weight excluding hydrogens is 286 g/mol. The second-order valence-corrected chi connectivity index (χ2v) is 5.77. The number of methoxy groups -OCH3 is 1. The number of rotatable bonds is 3. The molecule has 3 heterocycles. The monoisotopic (exact) mass is 301 g/mol. The van der Waals surface area contributed by atoms with E-state index in [1.807, 2.05) is 0 Å². The van der Waals surface area contributed by atoms with Gasteiger partial charge in [-0.2, -0.15) is 0 Å². The Bertz CT molecular complexity index is 700. The topological polar surface area (TPSA) is 76.1 Å². The molecule has 6 heteroatoms. The lowest BCUT2D eigenvalue weighted by molar-refractivity contribution is -0.128. The third kappa shape index (κ3) is 1.51. The van der Waals surface area contributed by atoms with Gasteiger partial charge in [-0.15, -0.1) is 0 Å². The van der Waals surface area contributed by atoms with Gasteiger partial charge in [0.1, 0.15) is 11.4 Å². The summed E-state index contributed by atoms with van der Waals surface area (Å²) in [5, 5.41) is 9.66. The van der Waals surface area contributed by atoms with E-state index in [0.717, 1.165) is 0 Å². The van der Waals surface area contributed by atoms with E-state index in [-0.39, 0.29) is 18.4 Å². The molecule has 1 N–H and O–H groups in total. The number of carbonyl (C=O) groups excluding carboxylic acids is 2. The summed E-state index contributed by atoms with van der Waals surface area (Å²) in [5.41, 5.74) is -0.577. The molecule has 2 saturated heterocycles. The van der Waals surface area contributed by atoms with Crippen molar-refractivity contribution in [3.8, 4) is 5.75 Å². The van der Waals surface area contributed by atoms with Gasteiger partial charge >= 0.3 is 0 Å². The van der Waals surface area contributed by atoms with E-state index >= 15 is 0 Å². The molecule has 1 aromatic rings. The number of carbonyl (C=O) groups is 2. The van der Waals surface area contributed by atoms with E-state index in [0.29, 0.717) is 11.4 Å². The maximum Gasteiger partial charge on any atom is 0.241 e. The minimum absolute atomic E-state index is 0.284. The summed E-state index contributed by atoms with van der Waals surface area (Å²) in [6.07, 6.45) is 3.03. The molecule has 4 atom stereocenters. The number of benzene rings is 1. The molecule has 6 nitrogen and oxygen atoms in total. The number of aliphatic hydroxyl groups is 1. The Morgan fingerprint density at radius 3 is 2.91 bits per heavy atom. The van der Waals surface area contributed by atoms with Crippen molar-refractivity contribution in [1.82, 2.24) is 0 Å². The summed E-state index contributed by atoms with van der Waals surface area (Å²) in [4.78, 5) is 26.7. The van der Waals surface area contributed by atoms with Gasteiger partial charge in [-0.3, -0.25) is 9.59 Å². The van der Waals surface area contributed by atoms with Crippen molar-refractivity contribution in [2.24, 2.45) is 11.8 Å². The maximum atomic E-state index is 12.8. The highest BCUT2D eigenvalue weighted by molar-refractivity contribution is 6.23. The lowest BCUT2D eigenvalue weighted by Crippen LogP contribution is -2.43. The number of hydrogen-bond donors (Lipinski definition) is 1. The number of amides is 2. The molecule has 0 unspecified atom stereocenters. The van der Waals surface area contributed by atoms with E-state index in [9.17, 15) is 14.7 Å². The van der Waals surface area contributed by atoms with Crippen molar-refractivity contribution < 1.29 is 24.2 Å². The predicted molar refractivity (Wildman–Crippen MR) is 76.3 cm³/mol. The number of hydrogen-bond acceptors (Lipinski definition) is 5. The fourth-order valence-corrected chi connectivity index (χ4v) is 3.69. The zero-order valence-corrected chi connectivity index (χ0v) is 11.9. The van der Waals surface area contributed by atoms with E-state index in [2.05, 4.69) is 0 Å². The van der Waals surface area contributed by atoms with Gasteiger partial charge in [0.05, 0.1) is 37.3 Å². The van der Waals surface area contributed by atoms with Gasteiger partial charge in [0.2, 0.25) is 11.8 Å². The second-order valence-electron chi connectivity index (χ2n) is 5.77. The highest BCUT2D eigenvalue weighted by atomic mass is 16.5.